The fourth-order valence-corrected chi connectivity index (χ4v) is 10.6. The SMILES string of the molecule is CCCCCCCCCCCCCCCCOc1ccc(-c2ccc(C(=O)Oc3ccc(N=Cc4cccc(C=Nc5ccc(OC(=O)c6ccc(-c7ccc(OCCCCCCCCCCCCCCCC)cc7)cc6)cc5)c4)cc3)cc2)cc1. The predicted molar refractivity (Wildman–Crippen MR) is 359 cm³/mol. The van der Waals surface area contributed by atoms with Crippen LogP contribution < -0.4 is 18.9 Å². The molecular formula is C78H96N2O6. The van der Waals surface area contributed by atoms with E-state index in [-0.39, 0.29) is 0 Å². The molecule has 0 atom stereocenters. The first-order valence-corrected chi connectivity index (χ1v) is 32.9. The molecule has 0 aliphatic rings. The molecular weight excluding hydrogens is 1060 g/mol. The Kier molecular flexibility index (Phi) is 30.6. The summed E-state index contributed by atoms with van der Waals surface area (Å²) in [7, 11) is 0. The van der Waals surface area contributed by atoms with E-state index in [0.29, 0.717) is 34.0 Å². The molecule has 0 spiro atoms. The van der Waals surface area contributed by atoms with Crippen molar-refractivity contribution < 1.29 is 28.5 Å². The van der Waals surface area contributed by atoms with Crippen molar-refractivity contribution in [2.45, 2.75) is 194 Å². The molecule has 86 heavy (non-hydrogen) atoms. The Morgan fingerprint density at radius 2 is 0.581 bits per heavy atom. The molecule has 0 saturated heterocycles. The highest BCUT2D eigenvalue weighted by Gasteiger charge is 2.12. The van der Waals surface area contributed by atoms with Gasteiger partial charge in [-0.2, -0.15) is 0 Å². The van der Waals surface area contributed by atoms with Crippen LogP contribution in [-0.2, 0) is 0 Å². The van der Waals surface area contributed by atoms with Crippen LogP contribution >= 0.6 is 0 Å². The second-order valence-corrected chi connectivity index (χ2v) is 23.0. The molecule has 0 aromatic heterocycles. The van der Waals surface area contributed by atoms with Gasteiger partial charge >= 0.3 is 11.9 Å². The lowest BCUT2D eigenvalue weighted by atomic mass is 10.0. The lowest BCUT2D eigenvalue weighted by molar-refractivity contribution is 0.0725. The van der Waals surface area contributed by atoms with Gasteiger partial charge < -0.3 is 18.9 Å². The third kappa shape index (κ3) is 25.6. The van der Waals surface area contributed by atoms with Crippen LogP contribution in [0.3, 0.4) is 0 Å². The van der Waals surface area contributed by atoms with E-state index in [0.717, 1.165) is 70.9 Å². The molecule has 7 aromatic rings. The summed E-state index contributed by atoms with van der Waals surface area (Å²) in [6.45, 7) is 6.04. The number of ether oxygens (including phenoxy) is 4. The third-order valence-electron chi connectivity index (χ3n) is 15.9. The van der Waals surface area contributed by atoms with Gasteiger partial charge in [-0.3, -0.25) is 9.98 Å². The third-order valence-corrected chi connectivity index (χ3v) is 15.9. The van der Waals surface area contributed by atoms with E-state index >= 15 is 0 Å². The van der Waals surface area contributed by atoms with Gasteiger partial charge in [0.15, 0.2) is 0 Å². The molecule has 0 heterocycles. The zero-order valence-corrected chi connectivity index (χ0v) is 51.9. The second kappa shape index (κ2) is 39.9. The summed E-state index contributed by atoms with van der Waals surface area (Å²) in [5.74, 6) is 1.78. The first kappa shape index (κ1) is 66.0. The number of hydrogen-bond acceptors (Lipinski definition) is 8. The van der Waals surface area contributed by atoms with Crippen LogP contribution in [0, 0.1) is 0 Å². The molecule has 0 aliphatic heterocycles. The Morgan fingerprint density at radius 3 is 0.884 bits per heavy atom. The predicted octanol–water partition coefficient (Wildman–Crippen LogP) is 22.7. The molecule has 8 heteroatoms. The van der Waals surface area contributed by atoms with Crippen molar-refractivity contribution in [1.29, 1.82) is 0 Å². The van der Waals surface area contributed by atoms with Crippen LogP contribution in [0.1, 0.15) is 225 Å². The van der Waals surface area contributed by atoms with Gasteiger partial charge in [0.25, 0.3) is 0 Å². The van der Waals surface area contributed by atoms with Gasteiger partial charge in [0.2, 0.25) is 0 Å². The van der Waals surface area contributed by atoms with Crippen LogP contribution in [0.2, 0.25) is 0 Å². The number of hydrogen-bond donors (Lipinski definition) is 0. The molecule has 454 valence electrons. The van der Waals surface area contributed by atoms with Crippen molar-refractivity contribution in [3.05, 3.63) is 192 Å². The van der Waals surface area contributed by atoms with E-state index in [1.54, 1.807) is 61.0 Å². The highest BCUT2D eigenvalue weighted by molar-refractivity contribution is 5.93. The maximum absolute atomic E-state index is 13.1. The van der Waals surface area contributed by atoms with Gasteiger partial charge in [-0.1, -0.05) is 248 Å². The molecule has 0 bridgehead atoms. The van der Waals surface area contributed by atoms with Gasteiger partial charge in [0.1, 0.15) is 23.0 Å². The Hall–Kier alpha value is -7.58. The molecule has 0 amide bonds. The number of carbonyl (C=O) groups excluding carboxylic acids is 2. The first-order chi connectivity index (χ1) is 42.4. The normalized spacial score (nSPS) is 11.4. The largest absolute Gasteiger partial charge is 0.494 e. The summed E-state index contributed by atoms with van der Waals surface area (Å²) in [6, 6.07) is 53.4. The number of nitrogens with zero attached hydrogens (tertiary/aromatic N) is 2. The summed E-state index contributed by atoms with van der Waals surface area (Å²) in [5.41, 5.74) is 8.31. The van der Waals surface area contributed by atoms with Crippen molar-refractivity contribution in [1.82, 2.24) is 0 Å². The minimum absolute atomic E-state index is 0.427. The molecule has 0 radical (unpaired) electrons. The van der Waals surface area contributed by atoms with Gasteiger partial charge in [-0.15, -0.1) is 0 Å². The minimum atomic E-state index is -0.427. The highest BCUT2D eigenvalue weighted by atomic mass is 16.5. The molecule has 0 N–H and O–H groups in total. The van der Waals surface area contributed by atoms with Crippen LogP contribution in [0.25, 0.3) is 22.3 Å². The summed E-state index contributed by atoms with van der Waals surface area (Å²) in [4.78, 5) is 35.4. The van der Waals surface area contributed by atoms with Crippen LogP contribution in [0.5, 0.6) is 23.0 Å². The van der Waals surface area contributed by atoms with Gasteiger partial charge in [-0.25, -0.2) is 9.59 Å². The number of rotatable bonds is 42. The molecule has 0 unspecified atom stereocenters. The van der Waals surface area contributed by atoms with Gasteiger partial charge in [0, 0.05) is 12.4 Å². The topological polar surface area (TPSA) is 95.8 Å². The highest BCUT2D eigenvalue weighted by Crippen LogP contribution is 2.28. The summed E-state index contributed by atoms with van der Waals surface area (Å²) < 4.78 is 23.5. The number of esters is 2. The van der Waals surface area contributed by atoms with Crippen LogP contribution in [0.4, 0.5) is 11.4 Å². The monoisotopic (exact) mass is 1160 g/mol. The molecule has 8 nitrogen and oxygen atoms in total. The summed E-state index contributed by atoms with van der Waals surface area (Å²) >= 11 is 0. The number of aliphatic imine (C=N–C) groups is 2. The average molecular weight is 1160 g/mol. The van der Waals surface area contributed by atoms with E-state index in [9.17, 15) is 9.59 Å². The van der Waals surface area contributed by atoms with E-state index in [4.69, 9.17) is 18.9 Å². The molecule has 7 rings (SSSR count). The standard InChI is InChI=1S/C78H96N2O6/c1-3-5-7-9-11-13-15-17-19-21-23-25-27-29-58-83-73-50-42-67(43-51-73)65-34-38-69(39-35-65)77(81)85-75-54-46-71(47-55-75)79-61-63-32-31-33-64(60-63)62-80-72-48-56-76(57-49-72)86-78(82)70-40-36-66(37-41-70)68-44-52-74(53-45-68)84-59-30-28-26-24-22-20-18-16-14-12-10-8-6-4-2/h31-57,60-62H,3-30,58-59H2,1-2H3. The van der Waals surface area contributed by atoms with Crippen molar-refractivity contribution >= 4 is 35.7 Å². The Labute approximate surface area is 515 Å². The van der Waals surface area contributed by atoms with E-state index < -0.39 is 11.9 Å². The Morgan fingerprint density at radius 1 is 0.314 bits per heavy atom. The van der Waals surface area contributed by atoms with Crippen molar-refractivity contribution in [2.75, 3.05) is 13.2 Å². The van der Waals surface area contributed by atoms with Crippen molar-refractivity contribution in [3.63, 3.8) is 0 Å². The van der Waals surface area contributed by atoms with E-state index in [1.165, 1.54) is 167 Å². The zero-order chi connectivity index (χ0) is 59.9. The van der Waals surface area contributed by atoms with Crippen LogP contribution in [0.15, 0.2) is 180 Å². The maximum Gasteiger partial charge on any atom is 0.343 e. The zero-order valence-electron chi connectivity index (χ0n) is 51.9. The Bertz CT molecular complexity index is 2820. The number of unbranched alkanes of at least 4 members (excludes halogenated alkanes) is 26. The van der Waals surface area contributed by atoms with Gasteiger partial charge in [0.05, 0.1) is 35.7 Å². The van der Waals surface area contributed by atoms with Crippen LogP contribution in [-0.4, -0.2) is 37.6 Å². The number of benzene rings is 7. The van der Waals surface area contributed by atoms with E-state index in [1.807, 2.05) is 97.1 Å². The lowest BCUT2D eigenvalue weighted by Crippen LogP contribution is -2.08. The molecule has 7 aromatic carbocycles. The fourth-order valence-electron chi connectivity index (χ4n) is 10.6. The second-order valence-electron chi connectivity index (χ2n) is 23.0. The average Bonchev–Trinajstić information content (AvgIpc) is 3.72. The Balaban J connectivity index is 0.746. The van der Waals surface area contributed by atoms with Gasteiger partial charge in [-0.05, 0) is 149 Å². The molecule has 0 aliphatic carbocycles. The summed E-state index contributed by atoms with van der Waals surface area (Å²) in [6.07, 6.45) is 41.2. The molecule has 0 fully saturated rings. The first-order valence-electron chi connectivity index (χ1n) is 32.9. The quantitative estimate of drug-likeness (QED) is 0.0164. The van der Waals surface area contributed by atoms with E-state index in [2.05, 4.69) is 48.1 Å². The lowest BCUT2D eigenvalue weighted by Gasteiger charge is -2.09. The summed E-state index contributed by atoms with van der Waals surface area (Å²) in [5, 5.41) is 0. The smallest absolute Gasteiger partial charge is 0.343 e. The maximum atomic E-state index is 13.1. The van der Waals surface area contributed by atoms with Crippen molar-refractivity contribution in [3.8, 4) is 45.3 Å². The number of carbonyl (C=O) groups is 2. The minimum Gasteiger partial charge on any atom is -0.494 e. The molecule has 0 saturated carbocycles. The fraction of sp³-hybridized carbons (Fsp3) is 0.410. The van der Waals surface area contributed by atoms with Crippen molar-refractivity contribution in [2.24, 2.45) is 9.98 Å².